The fourth-order valence-electron chi connectivity index (χ4n) is 2.56. The molecule has 0 atom stereocenters. The molecule has 1 saturated heterocycles. The summed E-state index contributed by atoms with van der Waals surface area (Å²) in [6.45, 7) is 7.22. The van der Waals surface area contributed by atoms with Crippen molar-refractivity contribution >= 4 is 5.91 Å². The second kappa shape index (κ2) is 4.12. The smallest absolute Gasteiger partial charge is 0.236 e. The Morgan fingerprint density at radius 2 is 1.93 bits per heavy atom. The van der Waals surface area contributed by atoms with Gasteiger partial charge in [-0.05, 0) is 24.7 Å². The van der Waals surface area contributed by atoms with Gasteiger partial charge in [0.2, 0.25) is 5.91 Å². The molecule has 0 bridgehead atoms. The highest BCUT2D eigenvalue weighted by molar-refractivity contribution is 5.78. The number of amides is 1. The summed E-state index contributed by atoms with van der Waals surface area (Å²) in [7, 11) is 1.90. The molecule has 1 amide bonds. The number of carbonyl (C=O) groups is 1. The molecule has 0 spiro atoms. The Balaban J connectivity index is 1.80. The van der Waals surface area contributed by atoms with E-state index >= 15 is 0 Å². The highest BCUT2D eigenvalue weighted by atomic mass is 16.2. The number of nitrogens with zero attached hydrogens (tertiary/aromatic N) is 2. The van der Waals surface area contributed by atoms with Crippen molar-refractivity contribution in [2.45, 2.75) is 32.7 Å². The molecule has 0 aromatic carbocycles. The lowest BCUT2D eigenvalue weighted by molar-refractivity contribution is -0.137. The maximum Gasteiger partial charge on any atom is 0.236 e. The van der Waals surface area contributed by atoms with Gasteiger partial charge in [-0.2, -0.15) is 0 Å². The maximum atomic E-state index is 11.5. The Hall–Kier alpha value is -0.570. The molecule has 1 heterocycles. The van der Waals surface area contributed by atoms with E-state index in [1.54, 1.807) is 0 Å². The van der Waals surface area contributed by atoms with E-state index in [9.17, 15) is 4.79 Å². The lowest BCUT2D eigenvalue weighted by Gasteiger charge is -2.46. The van der Waals surface area contributed by atoms with Crippen LogP contribution in [0, 0.1) is 11.8 Å². The van der Waals surface area contributed by atoms with Gasteiger partial charge in [0.25, 0.3) is 0 Å². The fraction of sp³-hybridized carbons (Fsp3) is 0.917. The van der Waals surface area contributed by atoms with Crippen LogP contribution >= 0.6 is 0 Å². The third kappa shape index (κ3) is 2.17. The minimum atomic E-state index is 0.286. The maximum absolute atomic E-state index is 11.5. The van der Waals surface area contributed by atoms with Crippen LogP contribution in [0.25, 0.3) is 0 Å². The number of hydrogen-bond acceptors (Lipinski definition) is 2. The molecular formula is C12H22N2O. The fourth-order valence-corrected chi connectivity index (χ4v) is 2.56. The Morgan fingerprint density at radius 3 is 2.47 bits per heavy atom. The predicted molar refractivity (Wildman–Crippen MR) is 60.6 cm³/mol. The van der Waals surface area contributed by atoms with Crippen molar-refractivity contribution in [2.75, 3.05) is 26.7 Å². The quantitative estimate of drug-likeness (QED) is 0.683. The first-order valence-corrected chi connectivity index (χ1v) is 6.06. The summed E-state index contributed by atoms with van der Waals surface area (Å²) in [6.07, 6.45) is 2.60. The first-order chi connectivity index (χ1) is 7.08. The van der Waals surface area contributed by atoms with Crippen LogP contribution < -0.4 is 0 Å². The summed E-state index contributed by atoms with van der Waals surface area (Å²) in [5.41, 5.74) is 0. The highest BCUT2D eigenvalue weighted by Gasteiger charge is 2.37. The van der Waals surface area contributed by atoms with E-state index < -0.39 is 0 Å². The summed E-state index contributed by atoms with van der Waals surface area (Å²) in [5.74, 6) is 1.99. The van der Waals surface area contributed by atoms with E-state index in [1.165, 1.54) is 12.8 Å². The van der Waals surface area contributed by atoms with Gasteiger partial charge in [0.05, 0.1) is 6.54 Å². The van der Waals surface area contributed by atoms with Crippen LogP contribution in [0.3, 0.4) is 0 Å². The zero-order valence-electron chi connectivity index (χ0n) is 10.1. The van der Waals surface area contributed by atoms with Gasteiger partial charge in [0.1, 0.15) is 0 Å². The van der Waals surface area contributed by atoms with Crippen LogP contribution in [0.1, 0.15) is 26.7 Å². The zero-order chi connectivity index (χ0) is 11.0. The Morgan fingerprint density at radius 1 is 1.27 bits per heavy atom. The van der Waals surface area contributed by atoms with Crippen molar-refractivity contribution in [3.63, 3.8) is 0 Å². The van der Waals surface area contributed by atoms with Crippen LogP contribution in [0.4, 0.5) is 0 Å². The number of rotatable bonds is 2. The zero-order valence-corrected chi connectivity index (χ0v) is 10.1. The van der Waals surface area contributed by atoms with Crippen LogP contribution in [0.5, 0.6) is 0 Å². The normalized spacial score (nSPS) is 33.3. The molecule has 0 radical (unpaired) electrons. The van der Waals surface area contributed by atoms with Crippen LogP contribution in [0.2, 0.25) is 0 Å². The van der Waals surface area contributed by atoms with Crippen molar-refractivity contribution in [1.82, 2.24) is 9.80 Å². The molecule has 0 unspecified atom stereocenters. The SMILES string of the molecule is CC(C)C1CC(N2CCN(C)C(=O)C2)C1. The number of hydrogen-bond donors (Lipinski definition) is 0. The molecule has 1 aliphatic carbocycles. The summed E-state index contributed by atoms with van der Waals surface area (Å²) in [4.78, 5) is 15.8. The summed E-state index contributed by atoms with van der Waals surface area (Å²) in [6, 6.07) is 0.690. The molecule has 0 aromatic rings. The van der Waals surface area contributed by atoms with Gasteiger partial charge in [-0.1, -0.05) is 13.8 Å². The van der Waals surface area contributed by atoms with Crippen LogP contribution in [0.15, 0.2) is 0 Å². The minimum Gasteiger partial charge on any atom is -0.343 e. The Labute approximate surface area is 92.4 Å². The molecule has 1 saturated carbocycles. The average Bonchev–Trinajstić information content (AvgIpc) is 2.08. The third-order valence-corrected chi connectivity index (χ3v) is 4.10. The average molecular weight is 210 g/mol. The van der Waals surface area contributed by atoms with E-state index in [1.807, 2.05) is 11.9 Å². The van der Waals surface area contributed by atoms with Crippen molar-refractivity contribution in [2.24, 2.45) is 11.8 Å². The van der Waals surface area contributed by atoms with Crippen molar-refractivity contribution < 1.29 is 4.79 Å². The van der Waals surface area contributed by atoms with Gasteiger partial charge >= 0.3 is 0 Å². The topological polar surface area (TPSA) is 23.6 Å². The predicted octanol–water partition coefficient (Wildman–Crippen LogP) is 1.19. The van der Waals surface area contributed by atoms with E-state index in [-0.39, 0.29) is 5.91 Å². The van der Waals surface area contributed by atoms with E-state index in [2.05, 4.69) is 18.7 Å². The number of carbonyl (C=O) groups excluding carboxylic acids is 1. The van der Waals surface area contributed by atoms with Crippen molar-refractivity contribution in [3.8, 4) is 0 Å². The molecule has 3 heteroatoms. The lowest BCUT2D eigenvalue weighted by Crippen LogP contribution is -2.55. The third-order valence-electron chi connectivity index (χ3n) is 4.10. The molecular weight excluding hydrogens is 188 g/mol. The first-order valence-electron chi connectivity index (χ1n) is 6.06. The largest absolute Gasteiger partial charge is 0.343 e. The lowest BCUT2D eigenvalue weighted by atomic mass is 9.73. The second-order valence-corrected chi connectivity index (χ2v) is 5.42. The van der Waals surface area contributed by atoms with Crippen LogP contribution in [-0.4, -0.2) is 48.4 Å². The van der Waals surface area contributed by atoms with Gasteiger partial charge < -0.3 is 4.90 Å². The van der Waals surface area contributed by atoms with Gasteiger partial charge in [0, 0.05) is 26.2 Å². The van der Waals surface area contributed by atoms with E-state index in [0.29, 0.717) is 12.6 Å². The molecule has 3 nitrogen and oxygen atoms in total. The molecule has 1 aliphatic heterocycles. The minimum absolute atomic E-state index is 0.286. The summed E-state index contributed by atoms with van der Waals surface area (Å²) < 4.78 is 0. The number of piperazine rings is 1. The van der Waals surface area contributed by atoms with E-state index in [4.69, 9.17) is 0 Å². The Bertz CT molecular complexity index is 246. The monoisotopic (exact) mass is 210 g/mol. The standard InChI is InChI=1S/C12H22N2O/c1-9(2)10-6-11(7-10)14-5-4-13(3)12(15)8-14/h9-11H,4-8H2,1-3H3. The van der Waals surface area contributed by atoms with Gasteiger partial charge in [-0.25, -0.2) is 0 Å². The van der Waals surface area contributed by atoms with E-state index in [0.717, 1.165) is 24.9 Å². The molecule has 15 heavy (non-hydrogen) atoms. The molecule has 0 aromatic heterocycles. The summed E-state index contributed by atoms with van der Waals surface area (Å²) in [5, 5.41) is 0. The summed E-state index contributed by atoms with van der Waals surface area (Å²) >= 11 is 0. The first kappa shape index (κ1) is 10.9. The van der Waals surface area contributed by atoms with Crippen molar-refractivity contribution in [1.29, 1.82) is 0 Å². The van der Waals surface area contributed by atoms with Crippen molar-refractivity contribution in [3.05, 3.63) is 0 Å². The molecule has 86 valence electrons. The van der Waals surface area contributed by atoms with Gasteiger partial charge in [-0.15, -0.1) is 0 Å². The molecule has 0 N–H and O–H groups in total. The second-order valence-electron chi connectivity index (χ2n) is 5.42. The Kier molecular flexibility index (Phi) is 3.01. The highest BCUT2D eigenvalue weighted by Crippen LogP contribution is 2.37. The number of likely N-dealkylation sites (N-methyl/N-ethyl adjacent to an activating group) is 1. The molecule has 2 fully saturated rings. The van der Waals surface area contributed by atoms with Crippen LogP contribution in [-0.2, 0) is 4.79 Å². The molecule has 2 aliphatic rings. The van der Waals surface area contributed by atoms with Gasteiger partial charge in [-0.3, -0.25) is 9.69 Å². The van der Waals surface area contributed by atoms with Gasteiger partial charge in [0.15, 0.2) is 0 Å². The molecule has 2 rings (SSSR count).